The zero-order valence-electron chi connectivity index (χ0n) is 17.0. The zero-order chi connectivity index (χ0) is 19.8. The van der Waals surface area contributed by atoms with Gasteiger partial charge in [-0.2, -0.15) is 0 Å². The molecule has 1 aliphatic heterocycles. The first-order valence-corrected chi connectivity index (χ1v) is 10.6. The molecule has 158 valence electrons. The number of benzene rings is 1. The van der Waals surface area contributed by atoms with Crippen molar-refractivity contribution in [3.63, 3.8) is 0 Å². The van der Waals surface area contributed by atoms with Crippen LogP contribution in [0.25, 0.3) is 0 Å². The SMILES string of the molecule is CN=C(NCc1cccc(C(=O)NC)c1)NCC(c1cccs1)N1CCCC1.I. The lowest BCUT2D eigenvalue weighted by Gasteiger charge is -2.27. The Morgan fingerprint density at radius 2 is 2.00 bits per heavy atom. The van der Waals surface area contributed by atoms with Gasteiger partial charge in [0.05, 0.1) is 6.04 Å². The Hall–Kier alpha value is -1.65. The van der Waals surface area contributed by atoms with Crippen molar-refractivity contribution in [2.45, 2.75) is 25.4 Å². The van der Waals surface area contributed by atoms with Gasteiger partial charge in [-0.25, -0.2) is 0 Å². The fourth-order valence-corrected chi connectivity index (χ4v) is 4.37. The minimum atomic E-state index is -0.0752. The van der Waals surface area contributed by atoms with Crippen LogP contribution in [-0.4, -0.2) is 50.5 Å². The summed E-state index contributed by atoms with van der Waals surface area (Å²) in [6.07, 6.45) is 2.55. The number of halogens is 1. The number of likely N-dealkylation sites (tertiary alicyclic amines) is 1. The predicted octanol–water partition coefficient (Wildman–Crippen LogP) is 3.23. The zero-order valence-corrected chi connectivity index (χ0v) is 20.1. The smallest absolute Gasteiger partial charge is 0.251 e. The van der Waals surface area contributed by atoms with Crippen LogP contribution in [0.5, 0.6) is 0 Å². The molecule has 1 aromatic heterocycles. The molecule has 2 heterocycles. The number of aliphatic imine (C=N–C) groups is 1. The molecular weight excluding hydrogens is 497 g/mol. The number of hydrogen-bond acceptors (Lipinski definition) is 4. The summed E-state index contributed by atoms with van der Waals surface area (Å²) in [5.74, 6) is 0.694. The van der Waals surface area contributed by atoms with Crippen LogP contribution in [-0.2, 0) is 6.54 Å². The molecule has 0 aliphatic carbocycles. The highest BCUT2D eigenvalue weighted by molar-refractivity contribution is 14.0. The van der Waals surface area contributed by atoms with Crippen molar-refractivity contribution in [3.8, 4) is 0 Å². The Kier molecular flexibility index (Phi) is 9.89. The lowest BCUT2D eigenvalue weighted by atomic mass is 10.1. The molecule has 1 amide bonds. The molecule has 0 bridgehead atoms. The molecule has 2 aromatic rings. The second-order valence-electron chi connectivity index (χ2n) is 6.86. The molecule has 0 spiro atoms. The van der Waals surface area contributed by atoms with Crippen LogP contribution >= 0.6 is 35.3 Å². The molecule has 1 atom stereocenters. The molecule has 6 nitrogen and oxygen atoms in total. The molecule has 1 aromatic carbocycles. The number of rotatable bonds is 7. The van der Waals surface area contributed by atoms with E-state index in [1.165, 1.54) is 17.7 Å². The van der Waals surface area contributed by atoms with Gasteiger partial charge in [0.2, 0.25) is 0 Å². The number of hydrogen-bond donors (Lipinski definition) is 3. The van der Waals surface area contributed by atoms with Crippen LogP contribution in [0.1, 0.15) is 39.7 Å². The number of amides is 1. The monoisotopic (exact) mass is 527 g/mol. The third kappa shape index (κ3) is 6.68. The van der Waals surface area contributed by atoms with E-state index in [9.17, 15) is 4.79 Å². The molecule has 0 radical (unpaired) electrons. The van der Waals surface area contributed by atoms with Crippen LogP contribution in [0.4, 0.5) is 0 Å². The molecule has 1 aliphatic rings. The average molecular weight is 527 g/mol. The minimum Gasteiger partial charge on any atom is -0.355 e. The highest BCUT2D eigenvalue weighted by atomic mass is 127. The van der Waals surface area contributed by atoms with E-state index in [1.54, 1.807) is 14.1 Å². The lowest BCUT2D eigenvalue weighted by Crippen LogP contribution is -2.42. The number of carbonyl (C=O) groups excluding carboxylic acids is 1. The summed E-state index contributed by atoms with van der Waals surface area (Å²) in [7, 11) is 3.43. The van der Waals surface area contributed by atoms with Crippen molar-refractivity contribution < 1.29 is 4.79 Å². The molecular formula is C21H30IN5OS. The summed E-state index contributed by atoms with van der Waals surface area (Å²) < 4.78 is 0. The van der Waals surface area contributed by atoms with E-state index in [-0.39, 0.29) is 29.9 Å². The van der Waals surface area contributed by atoms with Gasteiger partial charge in [-0.05, 0) is 55.1 Å². The van der Waals surface area contributed by atoms with E-state index in [1.807, 2.05) is 35.6 Å². The van der Waals surface area contributed by atoms with E-state index < -0.39 is 0 Å². The quantitative estimate of drug-likeness (QED) is 0.294. The molecule has 3 N–H and O–H groups in total. The van der Waals surface area contributed by atoms with Crippen LogP contribution in [0, 0.1) is 0 Å². The summed E-state index contributed by atoms with van der Waals surface area (Å²) in [5, 5.41) is 11.6. The number of guanidine groups is 1. The molecule has 8 heteroatoms. The van der Waals surface area contributed by atoms with Crippen molar-refractivity contribution in [2.75, 3.05) is 33.7 Å². The maximum atomic E-state index is 11.8. The largest absolute Gasteiger partial charge is 0.355 e. The maximum absolute atomic E-state index is 11.8. The fraction of sp³-hybridized carbons (Fsp3) is 0.429. The predicted molar refractivity (Wildman–Crippen MR) is 131 cm³/mol. The molecule has 1 fully saturated rings. The third-order valence-corrected chi connectivity index (χ3v) is 5.99. The van der Waals surface area contributed by atoms with E-state index in [2.05, 4.69) is 43.4 Å². The van der Waals surface area contributed by atoms with Crippen molar-refractivity contribution in [1.82, 2.24) is 20.9 Å². The van der Waals surface area contributed by atoms with Crippen LogP contribution in [0.15, 0.2) is 46.8 Å². The second kappa shape index (κ2) is 12.1. The number of nitrogens with one attached hydrogen (secondary N) is 3. The Bertz CT molecular complexity index is 790. The highest BCUT2D eigenvalue weighted by Gasteiger charge is 2.24. The molecule has 29 heavy (non-hydrogen) atoms. The van der Waals surface area contributed by atoms with Crippen LogP contribution in [0.3, 0.4) is 0 Å². The first kappa shape index (κ1) is 23.6. The normalized spacial score (nSPS) is 15.4. The van der Waals surface area contributed by atoms with Crippen molar-refractivity contribution in [3.05, 3.63) is 57.8 Å². The van der Waals surface area contributed by atoms with E-state index in [0.29, 0.717) is 18.2 Å². The third-order valence-electron chi connectivity index (χ3n) is 5.02. The maximum Gasteiger partial charge on any atom is 0.251 e. The lowest BCUT2D eigenvalue weighted by molar-refractivity contribution is 0.0963. The summed E-state index contributed by atoms with van der Waals surface area (Å²) in [6, 6.07) is 12.3. The summed E-state index contributed by atoms with van der Waals surface area (Å²) in [4.78, 5) is 20.1. The molecule has 1 unspecified atom stereocenters. The van der Waals surface area contributed by atoms with Crippen LogP contribution in [0.2, 0.25) is 0 Å². The van der Waals surface area contributed by atoms with Gasteiger partial charge >= 0.3 is 0 Å². The van der Waals surface area contributed by atoms with E-state index >= 15 is 0 Å². The average Bonchev–Trinajstić information content (AvgIpc) is 3.45. The van der Waals surface area contributed by atoms with Gasteiger partial charge < -0.3 is 16.0 Å². The topological polar surface area (TPSA) is 68.8 Å². The van der Waals surface area contributed by atoms with Gasteiger partial charge in [-0.1, -0.05) is 18.2 Å². The first-order valence-electron chi connectivity index (χ1n) is 9.74. The first-order chi connectivity index (χ1) is 13.7. The summed E-state index contributed by atoms with van der Waals surface area (Å²) >= 11 is 1.81. The number of nitrogens with zero attached hydrogens (tertiary/aromatic N) is 2. The van der Waals surface area contributed by atoms with Gasteiger partial charge in [-0.15, -0.1) is 35.3 Å². The van der Waals surface area contributed by atoms with E-state index in [4.69, 9.17) is 0 Å². The Morgan fingerprint density at radius 1 is 1.21 bits per heavy atom. The van der Waals surface area contributed by atoms with Gasteiger partial charge in [0, 0.05) is 37.6 Å². The van der Waals surface area contributed by atoms with E-state index in [0.717, 1.165) is 31.2 Å². The second-order valence-corrected chi connectivity index (χ2v) is 7.84. The van der Waals surface area contributed by atoms with Gasteiger partial charge in [0.1, 0.15) is 0 Å². The number of thiophene rings is 1. The van der Waals surface area contributed by atoms with Crippen molar-refractivity contribution >= 4 is 47.2 Å². The summed E-state index contributed by atoms with van der Waals surface area (Å²) in [5.41, 5.74) is 1.70. The Labute approximate surface area is 194 Å². The van der Waals surface area contributed by atoms with Crippen molar-refractivity contribution in [2.24, 2.45) is 4.99 Å². The van der Waals surface area contributed by atoms with Gasteiger partial charge in [0.15, 0.2) is 5.96 Å². The molecule has 0 saturated carbocycles. The van der Waals surface area contributed by atoms with Crippen molar-refractivity contribution in [1.29, 1.82) is 0 Å². The van der Waals surface area contributed by atoms with Crippen LogP contribution < -0.4 is 16.0 Å². The minimum absolute atomic E-state index is 0. The molecule has 3 rings (SSSR count). The fourth-order valence-electron chi connectivity index (χ4n) is 3.51. The standard InChI is InChI=1S/C21H29N5OS.HI/c1-22-20(27)17-8-5-7-16(13-17)14-24-21(23-2)25-15-18(19-9-6-12-28-19)26-10-3-4-11-26;/h5-9,12-13,18H,3-4,10-11,14-15H2,1-2H3,(H,22,27)(H2,23,24,25);1H. The Balaban J connectivity index is 0.00000300. The van der Waals surface area contributed by atoms with Gasteiger partial charge in [-0.3, -0.25) is 14.7 Å². The molecule has 1 saturated heterocycles. The summed E-state index contributed by atoms with van der Waals surface area (Å²) in [6.45, 7) is 3.74. The Morgan fingerprint density at radius 3 is 2.66 bits per heavy atom. The number of carbonyl (C=O) groups is 1. The van der Waals surface area contributed by atoms with Gasteiger partial charge in [0.25, 0.3) is 5.91 Å². The highest BCUT2D eigenvalue weighted by Crippen LogP contribution is 2.27.